The smallest absolute Gasteiger partial charge is 0.106 e. The quantitative estimate of drug-likeness (QED) is 0.497. The van der Waals surface area contributed by atoms with E-state index in [9.17, 15) is 0 Å². The summed E-state index contributed by atoms with van der Waals surface area (Å²) in [6.45, 7) is 4.63. The van der Waals surface area contributed by atoms with Crippen LogP contribution in [0.2, 0.25) is 0 Å². The highest BCUT2D eigenvalue weighted by molar-refractivity contribution is 5.28. The molecule has 3 heterocycles. The van der Waals surface area contributed by atoms with Crippen LogP contribution in [0.15, 0.2) is 12.2 Å². The number of likely N-dealkylation sites (tertiary alicyclic amines) is 1. The molecule has 2 nitrogen and oxygen atoms in total. The lowest BCUT2D eigenvalue weighted by Crippen LogP contribution is -2.39. The van der Waals surface area contributed by atoms with Crippen molar-refractivity contribution in [2.75, 3.05) is 20.1 Å². The number of hydrogen-bond acceptors (Lipinski definition) is 2. The molecule has 2 fully saturated rings. The molecule has 0 unspecified atom stereocenters. The minimum atomic E-state index is 0.0758. The second-order valence-corrected chi connectivity index (χ2v) is 4.84. The molecule has 12 heavy (non-hydrogen) atoms. The maximum atomic E-state index is 6.00. The van der Waals surface area contributed by atoms with E-state index in [2.05, 4.69) is 31.0 Å². The Kier molecular flexibility index (Phi) is 1.05. The minimum absolute atomic E-state index is 0.0758. The van der Waals surface area contributed by atoms with Crippen molar-refractivity contribution in [1.82, 2.24) is 4.90 Å². The highest BCUT2D eigenvalue weighted by Gasteiger charge is 2.62. The van der Waals surface area contributed by atoms with E-state index < -0.39 is 0 Å². The van der Waals surface area contributed by atoms with Crippen molar-refractivity contribution < 1.29 is 4.74 Å². The van der Waals surface area contributed by atoms with Gasteiger partial charge in [0.15, 0.2) is 0 Å². The lowest BCUT2D eigenvalue weighted by Gasteiger charge is -2.31. The molecule has 3 atom stereocenters. The van der Waals surface area contributed by atoms with Crippen LogP contribution < -0.4 is 0 Å². The second kappa shape index (κ2) is 1.78. The predicted molar refractivity (Wildman–Crippen MR) is 47.0 cm³/mol. The molecular weight excluding hydrogens is 150 g/mol. The topological polar surface area (TPSA) is 12.5 Å². The standard InChI is InChI=1S/C10H15NO/c1-9-5-8-3-4-10(9,12-8)7-11(2)6-9/h3-4,8H,5-7H2,1-2H3/t8-,9+,10-/m0/s1. The first-order valence-corrected chi connectivity index (χ1v) is 4.69. The molecule has 0 saturated carbocycles. The largest absolute Gasteiger partial charge is 0.362 e. The molecule has 0 aromatic carbocycles. The molecule has 3 rings (SSSR count). The van der Waals surface area contributed by atoms with E-state index in [4.69, 9.17) is 4.74 Å². The van der Waals surface area contributed by atoms with Gasteiger partial charge >= 0.3 is 0 Å². The van der Waals surface area contributed by atoms with Crippen LogP contribution in [0.3, 0.4) is 0 Å². The molecule has 66 valence electrons. The van der Waals surface area contributed by atoms with Crippen molar-refractivity contribution in [2.24, 2.45) is 5.41 Å². The summed E-state index contributed by atoms with van der Waals surface area (Å²) in [6.07, 6.45) is 6.17. The summed E-state index contributed by atoms with van der Waals surface area (Å²) in [6, 6.07) is 0. The van der Waals surface area contributed by atoms with Gasteiger partial charge in [-0.1, -0.05) is 19.1 Å². The average molecular weight is 165 g/mol. The maximum absolute atomic E-state index is 6.00. The highest BCUT2D eigenvalue weighted by atomic mass is 16.5. The Morgan fingerprint density at radius 1 is 1.50 bits per heavy atom. The van der Waals surface area contributed by atoms with Gasteiger partial charge < -0.3 is 9.64 Å². The van der Waals surface area contributed by atoms with Crippen LogP contribution in [0.1, 0.15) is 13.3 Å². The van der Waals surface area contributed by atoms with Gasteiger partial charge in [-0.2, -0.15) is 0 Å². The fraction of sp³-hybridized carbons (Fsp3) is 0.800. The molecule has 0 N–H and O–H groups in total. The molecule has 1 spiro atoms. The highest BCUT2D eigenvalue weighted by Crippen LogP contribution is 2.55. The van der Waals surface area contributed by atoms with Gasteiger partial charge in [0, 0.05) is 18.5 Å². The Morgan fingerprint density at radius 3 is 3.00 bits per heavy atom. The van der Waals surface area contributed by atoms with Crippen LogP contribution in [-0.4, -0.2) is 36.7 Å². The number of likely N-dealkylation sites (N-methyl/N-ethyl adjacent to an activating group) is 1. The van der Waals surface area contributed by atoms with E-state index in [1.165, 1.54) is 13.0 Å². The first-order chi connectivity index (χ1) is 5.64. The van der Waals surface area contributed by atoms with E-state index in [0.29, 0.717) is 11.5 Å². The van der Waals surface area contributed by atoms with Gasteiger partial charge in [0.2, 0.25) is 0 Å². The summed E-state index contributed by atoms with van der Waals surface area (Å²) >= 11 is 0. The molecule has 0 amide bonds. The molecule has 0 aromatic rings. The molecular formula is C10H15NO. The number of hydrogen-bond donors (Lipinski definition) is 0. The Hall–Kier alpha value is -0.340. The van der Waals surface area contributed by atoms with Crippen molar-refractivity contribution in [3.63, 3.8) is 0 Å². The van der Waals surface area contributed by atoms with Gasteiger partial charge in [-0.05, 0) is 13.5 Å². The van der Waals surface area contributed by atoms with Crippen molar-refractivity contribution in [3.8, 4) is 0 Å². The molecule has 0 aromatic heterocycles. The van der Waals surface area contributed by atoms with Crippen molar-refractivity contribution in [2.45, 2.75) is 25.0 Å². The van der Waals surface area contributed by atoms with Gasteiger partial charge in [0.25, 0.3) is 0 Å². The van der Waals surface area contributed by atoms with Gasteiger partial charge in [-0.15, -0.1) is 0 Å². The number of ether oxygens (including phenoxy) is 1. The number of rotatable bonds is 0. The predicted octanol–water partition coefficient (Wildman–Crippen LogP) is 1.04. The summed E-state index contributed by atoms with van der Waals surface area (Å²) in [5.74, 6) is 0. The zero-order valence-electron chi connectivity index (χ0n) is 7.71. The van der Waals surface area contributed by atoms with Gasteiger partial charge in [0.05, 0.1) is 6.10 Å². The Bertz CT molecular complexity index is 263. The van der Waals surface area contributed by atoms with Crippen molar-refractivity contribution in [3.05, 3.63) is 12.2 Å². The Morgan fingerprint density at radius 2 is 2.33 bits per heavy atom. The van der Waals surface area contributed by atoms with Gasteiger partial charge in [-0.3, -0.25) is 0 Å². The summed E-state index contributed by atoms with van der Waals surface area (Å²) < 4.78 is 6.00. The fourth-order valence-electron chi connectivity index (χ4n) is 3.21. The monoisotopic (exact) mass is 165 g/mol. The van der Waals surface area contributed by atoms with Gasteiger partial charge in [-0.25, -0.2) is 0 Å². The summed E-state index contributed by atoms with van der Waals surface area (Å²) in [4.78, 5) is 2.38. The third-order valence-electron chi connectivity index (χ3n) is 3.74. The van der Waals surface area contributed by atoms with Gasteiger partial charge in [0.1, 0.15) is 5.60 Å². The number of fused-ring (bicyclic) bond motifs is 1. The lowest BCUT2D eigenvalue weighted by molar-refractivity contribution is 0.00759. The molecule has 2 saturated heterocycles. The molecule has 0 aliphatic carbocycles. The average Bonchev–Trinajstić information content (AvgIpc) is 2.46. The van der Waals surface area contributed by atoms with Crippen LogP contribution in [0.25, 0.3) is 0 Å². The van der Waals surface area contributed by atoms with E-state index in [1.807, 2.05) is 0 Å². The van der Waals surface area contributed by atoms with E-state index in [-0.39, 0.29) is 5.60 Å². The van der Waals surface area contributed by atoms with Crippen LogP contribution in [0.5, 0.6) is 0 Å². The van der Waals surface area contributed by atoms with E-state index >= 15 is 0 Å². The van der Waals surface area contributed by atoms with E-state index in [0.717, 1.165) is 6.54 Å². The first-order valence-electron chi connectivity index (χ1n) is 4.69. The normalized spacial score (nSPS) is 56.7. The van der Waals surface area contributed by atoms with E-state index in [1.54, 1.807) is 0 Å². The van der Waals surface area contributed by atoms with Crippen LogP contribution in [0, 0.1) is 5.41 Å². The van der Waals surface area contributed by atoms with Crippen LogP contribution in [-0.2, 0) is 4.74 Å². The third kappa shape index (κ3) is 0.603. The molecule has 0 radical (unpaired) electrons. The number of nitrogens with zero attached hydrogens (tertiary/aromatic N) is 1. The third-order valence-corrected chi connectivity index (χ3v) is 3.74. The fourth-order valence-corrected chi connectivity index (χ4v) is 3.21. The molecule has 3 aliphatic heterocycles. The minimum Gasteiger partial charge on any atom is -0.362 e. The summed E-state index contributed by atoms with van der Waals surface area (Å²) in [5, 5.41) is 0. The second-order valence-electron chi connectivity index (χ2n) is 4.84. The van der Waals surface area contributed by atoms with Crippen LogP contribution in [0.4, 0.5) is 0 Å². The van der Waals surface area contributed by atoms with Crippen molar-refractivity contribution >= 4 is 0 Å². The maximum Gasteiger partial charge on any atom is 0.106 e. The van der Waals surface area contributed by atoms with Crippen LogP contribution >= 0.6 is 0 Å². The van der Waals surface area contributed by atoms with Crippen molar-refractivity contribution in [1.29, 1.82) is 0 Å². The zero-order valence-corrected chi connectivity index (χ0v) is 7.71. The first kappa shape index (κ1) is 7.10. The Balaban J connectivity index is 2.08. The SMILES string of the molecule is CN1C[C@@]2(C)C[C@@H]3C=C[C@@]2(C1)O3. The summed E-state index contributed by atoms with van der Waals surface area (Å²) in [5.41, 5.74) is 0.466. The summed E-state index contributed by atoms with van der Waals surface area (Å²) in [7, 11) is 2.18. The Labute approximate surface area is 73.2 Å². The molecule has 2 heteroatoms. The lowest BCUT2D eigenvalue weighted by atomic mass is 9.72. The molecule has 2 bridgehead atoms. The zero-order chi connectivity index (χ0) is 8.40. The molecule has 3 aliphatic rings.